The van der Waals surface area contributed by atoms with E-state index in [0.717, 1.165) is 0 Å². The number of nitrogens with zero attached hydrogens (tertiary/aromatic N) is 1. The molecule has 0 N–H and O–H groups in total. The third kappa shape index (κ3) is 2.40. The number of rotatable bonds is 1. The molecule has 0 aromatic heterocycles. The van der Waals surface area contributed by atoms with E-state index in [1.165, 1.54) is 12.1 Å². The number of nitro benzene ring substituents is 1. The van der Waals surface area contributed by atoms with Gasteiger partial charge in [-0.25, -0.2) is 0 Å². The van der Waals surface area contributed by atoms with Gasteiger partial charge in [-0.3, -0.25) is 10.1 Å². The Labute approximate surface area is 77.3 Å². The minimum Gasteiger partial charge on any atom is -0.258 e. The van der Waals surface area contributed by atoms with Gasteiger partial charge < -0.3 is 0 Å². The van der Waals surface area contributed by atoms with Crippen molar-refractivity contribution >= 4 is 5.69 Å². The molecule has 0 saturated heterocycles. The molecule has 0 atom stereocenters. The maximum Gasteiger partial charge on any atom is 0.269 e. The van der Waals surface area contributed by atoms with E-state index < -0.39 is 4.92 Å². The Morgan fingerprint density at radius 1 is 1.20 bits per heavy atom. The van der Waals surface area contributed by atoms with Crippen LogP contribution in [0.5, 0.6) is 0 Å². The third-order valence-corrected chi connectivity index (χ3v) is 0.967. The van der Waals surface area contributed by atoms with Crippen molar-refractivity contribution in [2.24, 2.45) is 0 Å². The summed E-state index contributed by atoms with van der Waals surface area (Å²) in [5.74, 6) is 0. The monoisotopic (exact) mass is 213 g/mol. The predicted octanol–water partition coefficient (Wildman–Crippen LogP) is 1.59. The van der Waals surface area contributed by atoms with Crippen LogP contribution in [0, 0.1) is 10.1 Å². The maximum absolute atomic E-state index is 10.0. The van der Waals surface area contributed by atoms with E-state index >= 15 is 0 Å². The molecule has 0 spiro atoms. The van der Waals surface area contributed by atoms with Gasteiger partial charge in [0.25, 0.3) is 5.69 Å². The van der Waals surface area contributed by atoms with Crippen LogP contribution in [0.15, 0.2) is 30.3 Å². The molecule has 50 valence electrons. The van der Waals surface area contributed by atoms with Gasteiger partial charge in [-0.05, 0) is 0 Å². The quantitative estimate of drug-likeness (QED) is 0.526. The van der Waals surface area contributed by atoms with Gasteiger partial charge in [0.05, 0.1) is 4.92 Å². The zero-order valence-electron chi connectivity index (χ0n) is 5.15. The Hall–Kier alpha value is -0.497. The number of para-hydroxylation sites is 1. The van der Waals surface area contributed by atoms with Crippen molar-refractivity contribution < 1.29 is 31.1 Å². The smallest absolute Gasteiger partial charge is 0.258 e. The molecule has 0 fully saturated rings. The van der Waals surface area contributed by atoms with Gasteiger partial charge in [-0.15, -0.1) is 0 Å². The number of non-ortho nitro benzene ring substituents is 1. The van der Waals surface area contributed by atoms with Crippen molar-refractivity contribution in [1.29, 1.82) is 0 Å². The van der Waals surface area contributed by atoms with Crippen LogP contribution in [-0.4, -0.2) is 4.92 Å². The minimum absolute atomic E-state index is 0. The van der Waals surface area contributed by atoms with Gasteiger partial charge in [0.2, 0.25) is 0 Å². The molecule has 0 bridgehead atoms. The van der Waals surface area contributed by atoms with Crippen LogP contribution < -0.4 is 0 Å². The van der Waals surface area contributed by atoms with Crippen molar-refractivity contribution in [3.63, 3.8) is 0 Å². The molecule has 0 heterocycles. The second kappa shape index (κ2) is 4.34. The van der Waals surface area contributed by atoms with E-state index in [1.54, 1.807) is 18.2 Å². The summed E-state index contributed by atoms with van der Waals surface area (Å²) in [5, 5.41) is 10.0. The van der Waals surface area contributed by atoms with Crippen molar-refractivity contribution in [3.05, 3.63) is 40.4 Å². The number of nitro groups is 1. The molecular weight excluding hydrogens is 209 g/mol. The second-order valence-electron chi connectivity index (χ2n) is 1.59. The minimum atomic E-state index is -0.417. The Balaban J connectivity index is 0.000000810. The van der Waals surface area contributed by atoms with Crippen molar-refractivity contribution in [3.8, 4) is 0 Å². The van der Waals surface area contributed by atoms with Crippen molar-refractivity contribution in [1.82, 2.24) is 0 Å². The van der Waals surface area contributed by atoms with Gasteiger partial charge in [-0.1, -0.05) is 18.2 Å². The Bertz CT molecular complexity index is 212. The third-order valence-electron chi connectivity index (χ3n) is 0.967. The average Bonchev–Trinajstić information content (AvgIpc) is 1.90. The molecule has 10 heavy (non-hydrogen) atoms. The topological polar surface area (TPSA) is 43.1 Å². The fourth-order valence-electron chi connectivity index (χ4n) is 0.550. The molecule has 0 aliphatic rings. The van der Waals surface area contributed by atoms with E-state index in [9.17, 15) is 10.1 Å². The van der Waals surface area contributed by atoms with Gasteiger partial charge >= 0.3 is 0 Å². The van der Waals surface area contributed by atoms with Crippen LogP contribution in [0.25, 0.3) is 0 Å². The summed E-state index contributed by atoms with van der Waals surface area (Å²) in [6.07, 6.45) is 0. The normalized spacial score (nSPS) is 8.00. The summed E-state index contributed by atoms with van der Waals surface area (Å²) in [6.45, 7) is 0. The molecular formula is C6H5NO2Zr. The molecule has 1 rings (SSSR count). The van der Waals surface area contributed by atoms with E-state index in [2.05, 4.69) is 0 Å². The predicted molar refractivity (Wildman–Crippen MR) is 33.1 cm³/mol. The number of hydrogen-bond donors (Lipinski definition) is 0. The molecule has 0 saturated carbocycles. The summed E-state index contributed by atoms with van der Waals surface area (Å²) in [6, 6.07) is 7.93. The van der Waals surface area contributed by atoms with Crippen LogP contribution in [0.4, 0.5) is 5.69 Å². The summed E-state index contributed by atoms with van der Waals surface area (Å²) in [5.41, 5.74) is 0.137. The second-order valence-corrected chi connectivity index (χ2v) is 1.59. The zero-order valence-corrected chi connectivity index (χ0v) is 7.61. The van der Waals surface area contributed by atoms with E-state index in [-0.39, 0.29) is 31.9 Å². The summed E-state index contributed by atoms with van der Waals surface area (Å²) >= 11 is 0. The molecule has 1 aromatic rings. The van der Waals surface area contributed by atoms with Crippen LogP contribution in [0.2, 0.25) is 0 Å². The van der Waals surface area contributed by atoms with E-state index in [0.29, 0.717) is 0 Å². The molecule has 0 unspecified atom stereocenters. The maximum atomic E-state index is 10.0. The van der Waals surface area contributed by atoms with Crippen LogP contribution in [0.3, 0.4) is 0 Å². The fraction of sp³-hybridized carbons (Fsp3) is 0. The summed E-state index contributed by atoms with van der Waals surface area (Å²) in [4.78, 5) is 9.59. The van der Waals surface area contributed by atoms with Gasteiger partial charge in [-0.2, -0.15) is 0 Å². The zero-order chi connectivity index (χ0) is 6.69. The molecule has 1 aromatic carbocycles. The van der Waals surface area contributed by atoms with Crippen molar-refractivity contribution in [2.75, 3.05) is 0 Å². The Kier molecular flexibility index (Phi) is 4.12. The van der Waals surface area contributed by atoms with Crippen LogP contribution in [0.1, 0.15) is 0 Å². The largest absolute Gasteiger partial charge is 0.269 e. The first-order valence-electron chi connectivity index (χ1n) is 2.50. The fourth-order valence-corrected chi connectivity index (χ4v) is 0.550. The van der Waals surface area contributed by atoms with E-state index in [4.69, 9.17) is 0 Å². The summed E-state index contributed by atoms with van der Waals surface area (Å²) in [7, 11) is 0. The molecule has 0 aliphatic heterocycles. The molecule has 4 heteroatoms. The number of benzene rings is 1. The van der Waals surface area contributed by atoms with Gasteiger partial charge in [0.15, 0.2) is 0 Å². The van der Waals surface area contributed by atoms with Crippen LogP contribution in [-0.2, 0) is 26.2 Å². The SMILES string of the molecule is O=[N+]([O-])c1ccccc1.[Zr]. The average molecular weight is 214 g/mol. The Morgan fingerprint density at radius 3 is 2.00 bits per heavy atom. The molecule has 0 aliphatic carbocycles. The summed E-state index contributed by atoms with van der Waals surface area (Å²) < 4.78 is 0. The first-order chi connectivity index (χ1) is 4.30. The number of hydrogen-bond acceptors (Lipinski definition) is 2. The van der Waals surface area contributed by atoms with Gasteiger partial charge in [0.1, 0.15) is 0 Å². The van der Waals surface area contributed by atoms with Crippen molar-refractivity contribution in [2.45, 2.75) is 0 Å². The standard InChI is InChI=1S/C6H5NO2.Zr/c8-7(9)6-4-2-1-3-5-6;/h1-5H;. The molecule has 3 nitrogen and oxygen atoms in total. The van der Waals surface area contributed by atoms with Gasteiger partial charge in [0, 0.05) is 38.3 Å². The first-order valence-corrected chi connectivity index (χ1v) is 2.50. The molecule has 0 radical (unpaired) electrons. The van der Waals surface area contributed by atoms with Crippen LogP contribution >= 0.6 is 0 Å². The van der Waals surface area contributed by atoms with E-state index in [1.807, 2.05) is 0 Å². The Morgan fingerprint density at radius 2 is 1.70 bits per heavy atom. The molecule has 0 amide bonds. The first kappa shape index (κ1) is 9.50.